The van der Waals surface area contributed by atoms with Gasteiger partial charge < -0.3 is 15.5 Å². The molecular formula is C21H24FN7O. The van der Waals surface area contributed by atoms with Gasteiger partial charge in [0.15, 0.2) is 5.82 Å². The summed E-state index contributed by atoms with van der Waals surface area (Å²) in [6, 6.07) is 6.12. The van der Waals surface area contributed by atoms with E-state index in [9.17, 15) is 9.18 Å². The number of hydrogen-bond donors (Lipinski definition) is 2. The van der Waals surface area contributed by atoms with Gasteiger partial charge in [0.25, 0.3) is 0 Å². The number of nitrogens with zero attached hydrogens (tertiary/aromatic N) is 5. The Balaban J connectivity index is 1.49. The zero-order valence-electron chi connectivity index (χ0n) is 17.4. The number of likely N-dealkylation sites (N-methyl/N-ethyl adjacent to an activating group) is 1. The van der Waals surface area contributed by atoms with E-state index in [0.717, 1.165) is 16.8 Å². The molecule has 1 atom stereocenters. The number of fused-ring (bicyclic) bond motifs is 1. The highest BCUT2D eigenvalue weighted by Gasteiger charge is 2.30. The molecule has 2 N–H and O–H groups in total. The first-order valence-corrected chi connectivity index (χ1v) is 9.75. The van der Waals surface area contributed by atoms with E-state index in [1.807, 2.05) is 43.6 Å². The minimum atomic E-state index is -0.299. The minimum Gasteiger partial charge on any atom is -0.350 e. The molecule has 0 unspecified atom stereocenters. The first-order valence-electron chi connectivity index (χ1n) is 9.75. The molecule has 0 bridgehead atoms. The Morgan fingerprint density at radius 3 is 2.67 bits per heavy atom. The Bertz CT molecular complexity index is 1090. The van der Waals surface area contributed by atoms with Crippen LogP contribution in [0.2, 0.25) is 0 Å². The number of aryl methyl sites for hydroxylation is 1. The van der Waals surface area contributed by atoms with Gasteiger partial charge in [-0.25, -0.2) is 9.37 Å². The lowest BCUT2D eigenvalue weighted by Crippen LogP contribution is -2.44. The minimum absolute atomic E-state index is 0.0680. The molecule has 0 aliphatic carbocycles. The number of carbonyl (C=O) groups is 1. The molecular weight excluding hydrogens is 385 g/mol. The molecule has 156 valence electrons. The summed E-state index contributed by atoms with van der Waals surface area (Å²) >= 11 is 0. The molecule has 0 spiro atoms. The fourth-order valence-corrected chi connectivity index (χ4v) is 3.38. The normalized spacial score (nSPS) is 15.7. The Labute approximate surface area is 174 Å². The molecule has 0 saturated heterocycles. The second kappa shape index (κ2) is 7.74. The van der Waals surface area contributed by atoms with E-state index in [1.165, 1.54) is 12.1 Å². The van der Waals surface area contributed by atoms with Crippen molar-refractivity contribution in [2.75, 3.05) is 22.6 Å². The van der Waals surface area contributed by atoms with Crippen LogP contribution in [0.3, 0.4) is 0 Å². The SMILES string of the molecule is Cc1nc(NCc2cnn(Cc3ccc(F)cc3)c2C)nc2c1NC(=O)[C@H](C)N2C. The Kier molecular flexibility index (Phi) is 5.11. The molecule has 4 rings (SSSR count). The number of halogens is 1. The summed E-state index contributed by atoms with van der Waals surface area (Å²) < 4.78 is 15.0. The first kappa shape index (κ1) is 19.8. The largest absolute Gasteiger partial charge is 0.350 e. The van der Waals surface area contributed by atoms with Crippen molar-refractivity contribution in [3.05, 3.63) is 58.8 Å². The maximum absolute atomic E-state index is 13.1. The lowest BCUT2D eigenvalue weighted by molar-refractivity contribution is -0.117. The highest BCUT2D eigenvalue weighted by atomic mass is 19.1. The number of carbonyl (C=O) groups excluding carboxylic acids is 1. The molecule has 0 fully saturated rings. The van der Waals surface area contributed by atoms with Crippen LogP contribution in [0.1, 0.15) is 29.4 Å². The van der Waals surface area contributed by atoms with Crippen molar-refractivity contribution in [2.24, 2.45) is 0 Å². The Morgan fingerprint density at radius 1 is 1.20 bits per heavy atom. The van der Waals surface area contributed by atoms with Crippen molar-refractivity contribution in [1.82, 2.24) is 19.7 Å². The number of rotatable bonds is 5. The van der Waals surface area contributed by atoms with Gasteiger partial charge in [-0.05, 0) is 38.5 Å². The zero-order chi connectivity index (χ0) is 21.4. The van der Waals surface area contributed by atoms with Crippen molar-refractivity contribution >= 4 is 23.4 Å². The van der Waals surface area contributed by atoms with Gasteiger partial charge >= 0.3 is 0 Å². The van der Waals surface area contributed by atoms with Crippen LogP contribution in [-0.4, -0.2) is 38.7 Å². The summed E-state index contributed by atoms with van der Waals surface area (Å²) in [6.07, 6.45) is 1.81. The van der Waals surface area contributed by atoms with Crippen molar-refractivity contribution in [1.29, 1.82) is 0 Å². The van der Waals surface area contributed by atoms with Gasteiger partial charge in [0.2, 0.25) is 11.9 Å². The van der Waals surface area contributed by atoms with Crippen LogP contribution < -0.4 is 15.5 Å². The topological polar surface area (TPSA) is 88.0 Å². The summed E-state index contributed by atoms with van der Waals surface area (Å²) in [7, 11) is 1.85. The van der Waals surface area contributed by atoms with Crippen molar-refractivity contribution in [2.45, 2.75) is 39.9 Å². The van der Waals surface area contributed by atoms with Crippen molar-refractivity contribution in [3.8, 4) is 0 Å². The molecule has 2 aromatic heterocycles. The Morgan fingerprint density at radius 2 is 1.93 bits per heavy atom. The van der Waals surface area contributed by atoms with Crippen LogP contribution in [-0.2, 0) is 17.9 Å². The average Bonchev–Trinajstić information content (AvgIpc) is 3.07. The monoisotopic (exact) mass is 409 g/mol. The van der Waals surface area contributed by atoms with Crippen molar-refractivity contribution in [3.63, 3.8) is 0 Å². The van der Waals surface area contributed by atoms with E-state index in [-0.39, 0.29) is 17.8 Å². The number of benzene rings is 1. The fraction of sp³-hybridized carbons (Fsp3) is 0.333. The smallest absolute Gasteiger partial charge is 0.246 e. The third-order valence-corrected chi connectivity index (χ3v) is 5.50. The fourth-order valence-electron chi connectivity index (χ4n) is 3.38. The molecule has 1 aromatic carbocycles. The van der Waals surface area contributed by atoms with Crippen molar-refractivity contribution < 1.29 is 9.18 Å². The summed E-state index contributed by atoms with van der Waals surface area (Å²) in [6.45, 7) is 6.77. The third kappa shape index (κ3) is 3.70. The van der Waals surface area contributed by atoms with Crippen LogP contribution in [0.4, 0.5) is 21.8 Å². The van der Waals surface area contributed by atoms with Gasteiger partial charge in [-0.1, -0.05) is 12.1 Å². The quantitative estimate of drug-likeness (QED) is 0.674. The average molecular weight is 409 g/mol. The van der Waals surface area contributed by atoms with Gasteiger partial charge in [0, 0.05) is 24.8 Å². The van der Waals surface area contributed by atoms with E-state index in [2.05, 4.69) is 25.7 Å². The van der Waals surface area contributed by atoms with Crippen LogP contribution in [0.5, 0.6) is 0 Å². The number of aromatic nitrogens is 4. The summed E-state index contributed by atoms with van der Waals surface area (Å²) in [5.74, 6) is 0.871. The number of anilines is 3. The lowest BCUT2D eigenvalue weighted by atomic mass is 10.2. The van der Waals surface area contributed by atoms with E-state index < -0.39 is 0 Å². The molecule has 8 nitrogen and oxygen atoms in total. The molecule has 9 heteroatoms. The second-order valence-corrected chi connectivity index (χ2v) is 7.50. The molecule has 0 saturated carbocycles. The maximum Gasteiger partial charge on any atom is 0.246 e. The van der Waals surface area contributed by atoms with Crippen LogP contribution in [0.15, 0.2) is 30.5 Å². The molecule has 0 radical (unpaired) electrons. The van der Waals surface area contributed by atoms with Crippen LogP contribution in [0.25, 0.3) is 0 Å². The summed E-state index contributed by atoms with van der Waals surface area (Å²) in [5.41, 5.74) is 4.37. The predicted octanol–water partition coefficient (Wildman–Crippen LogP) is 2.87. The molecule has 1 aliphatic heterocycles. The van der Waals surface area contributed by atoms with E-state index in [1.54, 1.807) is 12.1 Å². The molecule has 30 heavy (non-hydrogen) atoms. The third-order valence-electron chi connectivity index (χ3n) is 5.50. The highest BCUT2D eigenvalue weighted by Crippen LogP contribution is 2.32. The Hall–Kier alpha value is -3.49. The van der Waals surface area contributed by atoms with E-state index in [4.69, 9.17) is 0 Å². The second-order valence-electron chi connectivity index (χ2n) is 7.50. The summed E-state index contributed by atoms with van der Waals surface area (Å²) in [5, 5.41) is 10.6. The molecule has 3 aromatic rings. The molecule has 1 aliphatic rings. The van der Waals surface area contributed by atoms with Crippen LogP contribution in [0, 0.1) is 19.7 Å². The van der Waals surface area contributed by atoms with Crippen LogP contribution >= 0.6 is 0 Å². The number of hydrogen-bond acceptors (Lipinski definition) is 6. The maximum atomic E-state index is 13.1. The molecule has 1 amide bonds. The number of nitrogens with one attached hydrogen (secondary N) is 2. The van der Waals surface area contributed by atoms with Gasteiger partial charge in [-0.2, -0.15) is 10.1 Å². The molecule has 3 heterocycles. The summed E-state index contributed by atoms with van der Waals surface area (Å²) in [4.78, 5) is 23.0. The standard InChI is InChI=1S/C21H24FN7O/c1-12-18-19(28(4)14(3)20(30)26-18)27-21(25-12)23-9-16-10-24-29(13(16)2)11-15-5-7-17(22)8-6-15/h5-8,10,14H,9,11H2,1-4H3,(H,26,30)(H,23,25,27)/t14-/m0/s1. The van der Waals surface area contributed by atoms with Gasteiger partial charge in [-0.15, -0.1) is 0 Å². The van der Waals surface area contributed by atoms with Gasteiger partial charge in [-0.3, -0.25) is 9.48 Å². The predicted molar refractivity (Wildman–Crippen MR) is 113 cm³/mol. The first-order chi connectivity index (χ1) is 14.3. The van der Waals surface area contributed by atoms with E-state index in [0.29, 0.717) is 36.2 Å². The zero-order valence-corrected chi connectivity index (χ0v) is 17.4. The number of amides is 1. The van der Waals surface area contributed by atoms with Gasteiger partial charge in [0.1, 0.15) is 17.5 Å². The van der Waals surface area contributed by atoms with E-state index >= 15 is 0 Å². The van der Waals surface area contributed by atoms with Gasteiger partial charge in [0.05, 0.1) is 18.4 Å². The highest BCUT2D eigenvalue weighted by molar-refractivity contribution is 6.03. The lowest BCUT2D eigenvalue weighted by Gasteiger charge is -2.32.